The minimum absolute atomic E-state index is 0.0786. The van der Waals surface area contributed by atoms with Crippen LogP contribution in [0.5, 0.6) is 0 Å². The molecule has 7 nitrogen and oxygen atoms in total. The van der Waals surface area contributed by atoms with Crippen LogP contribution in [0.25, 0.3) is 0 Å². The summed E-state index contributed by atoms with van der Waals surface area (Å²) in [4.78, 5) is 38.9. The van der Waals surface area contributed by atoms with Crippen LogP contribution >= 0.6 is 0 Å². The highest BCUT2D eigenvalue weighted by Gasteiger charge is 2.53. The number of ether oxygens (including phenoxy) is 2. The molecule has 6 fully saturated rings. The van der Waals surface area contributed by atoms with Crippen LogP contribution in [0, 0.1) is 41.4 Å². The number of ketones is 1. The Kier molecular flexibility index (Phi) is 11.2. The number of amides is 2. The molecule has 5 atom stereocenters. The summed E-state index contributed by atoms with van der Waals surface area (Å²) in [6.45, 7) is 11.1. The largest absolute Gasteiger partial charge is 0.490 e. The molecule has 6 rings (SSSR count). The molecule has 6 saturated carbocycles. The third-order valence-electron chi connectivity index (χ3n) is 13.6. The van der Waals surface area contributed by atoms with Crippen molar-refractivity contribution in [3.05, 3.63) is 12.3 Å². The maximum atomic E-state index is 13.2. The van der Waals surface area contributed by atoms with E-state index in [0.717, 1.165) is 81.0 Å². The van der Waals surface area contributed by atoms with Crippen molar-refractivity contribution in [3.63, 3.8) is 0 Å². The molecule has 6 aliphatic rings. The molecule has 0 spiro atoms. The van der Waals surface area contributed by atoms with Crippen molar-refractivity contribution in [1.82, 2.24) is 10.6 Å². The van der Waals surface area contributed by atoms with Gasteiger partial charge in [-0.1, -0.05) is 64.9 Å². The molecule has 7 heteroatoms. The van der Waals surface area contributed by atoms with Gasteiger partial charge >= 0.3 is 6.09 Å². The third kappa shape index (κ3) is 9.19. The Morgan fingerprint density at radius 2 is 1.29 bits per heavy atom. The molecule has 48 heavy (non-hydrogen) atoms. The number of hydrogen-bond acceptors (Lipinski definition) is 5. The Bertz CT molecular complexity index is 1140. The van der Waals surface area contributed by atoms with E-state index in [1.807, 2.05) is 0 Å². The summed E-state index contributed by atoms with van der Waals surface area (Å²) in [7, 11) is 0. The lowest BCUT2D eigenvalue weighted by molar-refractivity contribution is -0.129. The highest BCUT2D eigenvalue weighted by Crippen LogP contribution is 2.56. The molecule has 0 aromatic carbocycles. The van der Waals surface area contributed by atoms with E-state index in [1.165, 1.54) is 77.0 Å². The van der Waals surface area contributed by atoms with E-state index in [1.54, 1.807) is 0 Å². The second-order valence-corrected chi connectivity index (χ2v) is 17.8. The van der Waals surface area contributed by atoms with Gasteiger partial charge in [-0.15, -0.1) is 0 Å². The smallest absolute Gasteiger partial charge is 0.407 e. The number of Topliss-reactive ketones (excluding diaryl/α,β-unsaturated/α-hetero) is 1. The van der Waals surface area contributed by atoms with Gasteiger partial charge < -0.3 is 20.1 Å². The van der Waals surface area contributed by atoms with E-state index in [2.05, 4.69) is 38.0 Å². The minimum atomic E-state index is -0.593. The summed E-state index contributed by atoms with van der Waals surface area (Å²) >= 11 is 0. The van der Waals surface area contributed by atoms with Gasteiger partial charge in [0.2, 0.25) is 5.91 Å². The molecule has 0 saturated heterocycles. The molecular formula is C41H66N2O5. The molecule has 0 aromatic rings. The first-order valence-electron chi connectivity index (χ1n) is 20.2. The zero-order chi connectivity index (χ0) is 33.9. The lowest BCUT2D eigenvalue weighted by Crippen LogP contribution is -2.43. The van der Waals surface area contributed by atoms with Crippen LogP contribution in [-0.2, 0) is 19.1 Å². The fourth-order valence-corrected chi connectivity index (χ4v) is 9.73. The van der Waals surface area contributed by atoms with Crippen LogP contribution in [0.2, 0.25) is 0 Å². The number of nitrogens with one attached hydrogen (secondary N) is 2. The van der Waals surface area contributed by atoms with Gasteiger partial charge in [-0.05, 0) is 132 Å². The zero-order valence-corrected chi connectivity index (χ0v) is 30.6. The summed E-state index contributed by atoms with van der Waals surface area (Å²) in [5, 5.41) is 6.26. The second-order valence-electron chi connectivity index (χ2n) is 17.8. The molecule has 0 bridgehead atoms. The van der Waals surface area contributed by atoms with Crippen LogP contribution in [0.15, 0.2) is 12.3 Å². The molecular weight excluding hydrogens is 600 g/mol. The van der Waals surface area contributed by atoms with Crippen molar-refractivity contribution in [2.75, 3.05) is 6.61 Å². The number of alkyl carbamates (subject to hydrolysis) is 1. The maximum Gasteiger partial charge on any atom is 0.407 e. The number of hydrogen-bond donors (Lipinski definition) is 2. The summed E-state index contributed by atoms with van der Waals surface area (Å²) < 4.78 is 12.1. The molecule has 6 aliphatic carbocycles. The van der Waals surface area contributed by atoms with E-state index in [-0.39, 0.29) is 17.8 Å². The summed E-state index contributed by atoms with van der Waals surface area (Å²) in [5.74, 6) is 5.78. The maximum absolute atomic E-state index is 13.2. The topological polar surface area (TPSA) is 93.7 Å². The Morgan fingerprint density at radius 3 is 1.83 bits per heavy atom. The molecule has 0 heterocycles. The molecule has 5 unspecified atom stereocenters. The predicted molar refractivity (Wildman–Crippen MR) is 189 cm³/mol. The first kappa shape index (κ1) is 35.8. The lowest BCUT2D eigenvalue weighted by atomic mass is 9.91. The number of carbonyl (C=O) groups is 3. The SMILES string of the molecule is C=C(OC(C)(C)CCC(C)CCC(=O)C1(NC(=O)CCC2C3CCCCCCC32)CC1)C1(NC(=O)OCC2C3CCCCCCC32)CC1. The zero-order valence-electron chi connectivity index (χ0n) is 30.6. The van der Waals surface area contributed by atoms with Gasteiger partial charge in [0.05, 0.1) is 12.1 Å². The van der Waals surface area contributed by atoms with Crippen molar-refractivity contribution in [2.45, 2.75) is 179 Å². The van der Waals surface area contributed by atoms with Gasteiger partial charge in [0.15, 0.2) is 5.78 Å². The predicted octanol–water partition coefficient (Wildman–Crippen LogP) is 9.18. The Labute approximate surface area is 290 Å². The van der Waals surface area contributed by atoms with Crippen molar-refractivity contribution < 1.29 is 23.9 Å². The van der Waals surface area contributed by atoms with E-state index in [4.69, 9.17) is 9.47 Å². The molecule has 270 valence electrons. The Balaban J connectivity index is 0.850. The molecule has 0 radical (unpaired) electrons. The van der Waals surface area contributed by atoms with Crippen LogP contribution in [0.4, 0.5) is 4.79 Å². The number of fused-ring (bicyclic) bond motifs is 2. The lowest BCUT2D eigenvalue weighted by Gasteiger charge is -2.32. The van der Waals surface area contributed by atoms with Crippen LogP contribution in [-0.4, -0.2) is 41.1 Å². The van der Waals surface area contributed by atoms with E-state index in [0.29, 0.717) is 37.0 Å². The van der Waals surface area contributed by atoms with Crippen molar-refractivity contribution in [2.24, 2.45) is 41.4 Å². The second kappa shape index (κ2) is 15.1. The van der Waals surface area contributed by atoms with Gasteiger partial charge in [-0.2, -0.15) is 0 Å². The third-order valence-corrected chi connectivity index (χ3v) is 13.6. The van der Waals surface area contributed by atoms with E-state index in [9.17, 15) is 14.4 Å². The number of carbonyl (C=O) groups excluding carboxylic acids is 3. The highest BCUT2D eigenvalue weighted by atomic mass is 16.6. The van der Waals surface area contributed by atoms with Crippen LogP contribution in [0.1, 0.15) is 162 Å². The van der Waals surface area contributed by atoms with Gasteiger partial charge in [-0.3, -0.25) is 9.59 Å². The molecule has 0 aromatic heterocycles. The van der Waals surface area contributed by atoms with Crippen molar-refractivity contribution in [1.29, 1.82) is 0 Å². The normalized spacial score (nSPS) is 31.9. The molecule has 2 amide bonds. The highest BCUT2D eigenvalue weighted by molar-refractivity contribution is 5.95. The monoisotopic (exact) mass is 666 g/mol. The van der Waals surface area contributed by atoms with Crippen LogP contribution in [0.3, 0.4) is 0 Å². The van der Waals surface area contributed by atoms with Gasteiger partial charge in [0.25, 0.3) is 0 Å². The van der Waals surface area contributed by atoms with E-state index >= 15 is 0 Å². The standard InChI is InChI=1S/C41H66N2O5/c1-28(17-19-36(44)41(25-26-41)42-37(45)20-18-34-30-13-9-5-6-10-14-31(30)34)21-22-39(3,4)48-29(2)40(23-24-40)43-38(46)47-27-35-32-15-11-7-8-12-16-33(32)35/h28,30-35H,2,5-27H2,1,3-4H3,(H,42,45)(H,43,46). The molecule has 0 aliphatic heterocycles. The quantitative estimate of drug-likeness (QED) is 0.151. The molecule has 2 N–H and O–H groups in total. The van der Waals surface area contributed by atoms with Crippen LogP contribution < -0.4 is 10.6 Å². The first-order chi connectivity index (χ1) is 23.0. The minimum Gasteiger partial charge on any atom is -0.490 e. The Hall–Kier alpha value is -2.05. The Morgan fingerprint density at radius 1 is 0.750 bits per heavy atom. The first-order valence-corrected chi connectivity index (χ1v) is 20.2. The van der Waals surface area contributed by atoms with Gasteiger partial charge in [0, 0.05) is 12.8 Å². The van der Waals surface area contributed by atoms with E-state index < -0.39 is 16.7 Å². The summed E-state index contributed by atoms with van der Waals surface area (Å²) in [6.07, 6.45) is 23.6. The average molecular weight is 667 g/mol. The summed E-state index contributed by atoms with van der Waals surface area (Å²) in [5.41, 5.74) is -1.54. The van der Waals surface area contributed by atoms with Crippen molar-refractivity contribution >= 4 is 17.8 Å². The van der Waals surface area contributed by atoms with Gasteiger partial charge in [0.1, 0.15) is 16.9 Å². The average Bonchev–Trinajstić information content (AvgIpc) is 3.86. The van der Waals surface area contributed by atoms with Gasteiger partial charge in [-0.25, -0.2) is 4.79 Å². The number of rotatable bonds is 17. The van der Waals surface area contributed by atoms with Crippen molar-refractivity contribution in [3.8, 4) is 0 Å². The fourth-order valence-electron chi connectivity index (χ4n) is 9.73. The fraction of sp³-hybridized carbons (Fsp3) is 0.878. The summed E-state index contributed by atoms with van der Waals surface area (Å²) in [6, 6.07) is 0.